The molecule has 1 aromatic carbocycles. The monoisotopic (exact) mass is 257 g/mol. The summed E-state index contributed by atoms with van der Waals surface area (Å²) in [5.41, 5.74) is 0.835. The van der Waals surface area contributed by atoms with Gasteiger partial charge in [-0.2, -0.15) is 0 Å². The molecule has 0 fully saturated rings. The highest BCUT2D eigenvalue weighted by Crippen LogP contribution is 2.22. The fourth-order valence-electron chi connectivity index (χ4n) is 1.87. The van der Waals surface area contributed by atoms with E-state index in [0.717, 1.165) is 12.1 Å². The van der Waals surface area contributed by atoms with Gasteiger partial charge in [-0.15, -0.1) is 0 Å². The smallest absolute Gasteiger partial charge is 0.117 e. The number of benzene rings is 1. The molecular formula is C13H20ClNO2. The molecular weight excluding hydrogens is 238 g/mol. The third-order valence-corrected chi connectivity index (χ3v) is 2.74. The molecule has 4 heteroatoms. The molecule has 1 aromatic rings. The molecule has 2 N–H and O–H groups in total. The zero-order valence-electron chi connectivity index (χ0n) is 10.6. The largest absolute Gasteiger partial charge is 0.508 e. The molecule has 0 aliphatic heterocycles. The van der Waals surface area contributed by atoms with Crippen LogP contribution in [-0.2, 0) is 6.54 Å². The van der Waals surface area contributed by atoms with Gasteiger partial charge < -0.3 is 15.1 Å². The first-order valence-electron chi connectivity index (χ1n) is 5.60. The van der Waals surface area contributed by atoms with Crippen LogP contribution < -0.4 is 0 Å². The lowest BCUT2D eigenvalue weighted by Gasteiger charge is -2.28. The van der Waals surface area contributed by atoms with Gasteiger partial charge in [0.25, 0.3) is 0 Å². The van der Waals surface area contributed by atoms with Gasteiger partial charge in [-0.3, -0.25) is 0 Å². The summed E-state index contributed by atoms with van der Waals surface area (Å²) in [7, 11) is 1.98. The van der Waals surface area contributed by atoms with Crippen LogP contribution in [0.3, 0.4) is 0 Å². The average molecular weight is 258 g/mol. The topological polar surface area (TPSA) is 43.7 Å². The second-order valence-corrected chi connectivity index (χ2v) is 5.75. The Bertz CT molecular complexity index is 359. The third-order valence-electron chi connectivity index (χ3n) is 2.52. The summed E-state index contributed by atoms with van der Waals surface area (Å²) in [6, 6.07) is 5.06. The van der Waals surface area contributed by atoms with Gasteiger partial charge in [0.2, 0.25) is 0 Å². The van der Waals surface area contributed by atoms with E-state index in [4.69, 9.17) is 11.6 Å². The summed E-state index contributed by atoms with van der Waals surface area (Å²) in [5, 5.41) is 19.2. The van der Waals surface area contributed by atoms with E-state index in [1.165, 1.54) is 6.07 Å². The molecule has 0 aliphatic carbocycles. The second kappa shape index (κ2) is 5.71. The first-order chi connectivity index (χ1) is 7.82. The molecule has 0 saturated carbocycles. The van der Waals surface area contributed by atoms with Gasteiger partial charge in [-0.05, 0) is 30.8 Å². The molecule has 0 spiro atoms. The SMILES string of the molecule is CN(Cc1cc(O)cc(Cl)c1)CC(C)(C)CO. The van der Waals surface area contributed by atoms with Gasteiger partial charge in [0.1, 0.15) is 5.75 Å². The van der Waals surface area contributed by atoms with E-state index in [-0.39, 0.29) is 17.8 Å². The molecule has 0 saturated heterocycles. The van der Waals surface area contributed by atoms with Crippen molar-refractivity contribution in [3.8, 4) is 5.75 Å². The van der Waals surface area contributed by atoms with E-state index >= 15 is 0 Å². The summed E-state index contributed by atoms with van der Waals surface area (Å²) < 4.78 is 0. The molecule has 0 atom stereocenters. The van der Waals surface area contributed by atoms with Crippen molar-refractivity contribution in [2.24, 2.45) is 5.41 Å². The molecule has 1 rings (SSSR count). The number of aliphatic hydroxyl groups excluding tert-OH is 1. The highest BCUT2D eigenvalue weighted by Gasteiger charge is 2.18. The molecule has 0 heterocycles. The number of phenolic OH excluding ortho intramolecular Hbond substituents is 1. The van der Waals surface area contributed by atoms with Crippen LogP contribution in [0.4, 0.5) is 0 Å². The van der Waals surface area contributed by atoms with Crippen molar-refractivity contribution in [1.29, 1.82) is 0 Å². The normalized spacial score (nSPS) is 12.1. The summed E-state index contributed by atoms with van der Waals surface area (Å²) in [6.45, 7) is 5.64. The van der Waals surface area contributed by atoms with Crippen LogP contribution in [0.1, 0.15) is 19.4 Å². The summed E-state index contributed by atoms with van der Waals surface area (Å²) in [5.74, 6) is 0.183. The summed E-state index contributed by atoms with van der Waals surface area (Å²) in [6.07, 6.45) is 0. The standard InChI is InChI=1S/C13H20ClNO2/c1-13(2,9-16)8-15(3)7-10-4-11(14)6-12(17)5-10/h4-6,16-17H,7-9H2,1-3H3. The maximum absolute atomic E-state index is 9.44. The third kappa shape index (κ3) is 4.94. The van der Waals surface area contributed by atoms with E-state index in [1.54, 1.807) is 6.07 Å². The lowest BCUT2D eigenvalue weighted by Crippen LogP contribution is -2.33. The molecule has 96 valence electrons. The minimum Gasteiger partial charge on any atom is -0.508 e. The van der Waals surface area contributed by atoms with Crippen molar-refractivity contribution in [2.75, 3.05) is 20.2 Å². The van der Waals surface area contributed by atoms with Crippen molar-refractivity contribution in [2.45, 2.75) is 20.4 Å². The van der Waals surface area contributed by atoms with Gasteiger partial charge >= 0.3 is 0 Å². The summed E-state index contributed by atoms with van der Waals surface area (Å²) >= 11 is 5.88. The maximum Gasteiger partial charge on any atom is 0.117 e. The number of rotatable bonds is 5. The number of hydrogen-bond acceptors (Lipinski definition) is 3. The quantitative estimate of drug-likeness (QED) is 0.852. The van der Waals surface area contributed by atoms with E-state index in [1.807, 2.05) is 27.0 Å². The Morgan fingerprint density at radius 2 is 1.94 bits per heavy atom. The number of halogens is 1. The van der Waals surface area contributed by atoms with E-state index in [2.05, 4.69) is 4.90 Å². The van der Waals surface area contributed by atoms with Crippen LogP contribution in [0.5, 0.6) is 5.75 Å². The Kier molecular flexibility index (Phi) is 4.80. The van der Waals surface area contributed by atoms with Crippen LogP contribution in [0.15, 0.2) is 18.2 Å². The lowest BCUT2D eigenvalue weighted by atomic mass is 9.94. The predicted molar refractivity (Wildman–Crippen MR) is 70.3 cm³/mol. The Hall–Kier alpha value is -0.770. The minimum absolute atomic E-state index is 0.130. The van der Waals surface area contributed by atoms with E-state index in [9.17, 15) is 10.2 Å². The molecule has 0 aromatic heterocycles. The van der Waals surface area contributed by atoms with Gasteiger partial charge in [-0.25, -0.2) is 0 Å². The predicted octanol–water partition coefficient (Wildman–Crippen LogP) is 2.50. The van der Waals surface area contributed by atoms with Gasteiger partial charge in [0.05, 0.1) is 0 Å². The van der Waals surface area contributed by atoms with E-state index < -0.39 is 0 Å². The first-order valence-corrected chi connectivity index (χ1v) is 5.98. The molecule has 0 bridgehead atoms. The highest BCUT2D eigenvalue weighted by molar-refractivity contribution is 6.30. The van der Waals surface area contributed by atoms with Crippen LogP contribution in [0.25, 0.3) is 0 Å². The Morgan fingerprint density at radius 3 is 2.47 bits per heavy atom. The van der Waals surface area contributed by atoms with Crippen LogP contribution in [-0.4, -0.2) is 35.3 Å². The second-order valence-electron chi connectivity index (χ2n) is 5.31. The lowest BCUT2D eigenvalue weighted by molar-refractivity contribution is 0.112. The molecule has 0 unspecified atom stereocenters. The fraction of sp³-hybridized carbons (Fsp3) is 0.538. The number of aromatic hydroxyl groups is 1. The van der Waals surface area contributed by atoms with Crippen LogP contribution in [0, 0.1) is 5.41 Å². The summed E-state index contributed by atoms with van der Waals surface area (Å²) in [4.78, 5) is 2.10. The molecule has 17 heavy (non-hydrogen) atoms. The number of aliphatic hydroxyl groups is 1. The van der Waals surface area contributed by atoms with Crippen molar-refractivity contribution < 1.29 is 10.2 Å². The molecule has 3 nitrogen and oxygen atoms in total. The van der Waals surface area contributed by atoms with E-state index in [0.29, 0.717) is 11.6 Å². The van der Waals surface area contributed by atoms with Crippen LogP contribution >= 0.6 is 11.6 Å². The fourth-order valence-corrected chi connectivity index (χ4v) is 2.12. The minimum atomic E-state index is -0.130. The van der Waals surface area contributed by atoms with Crippen LogP contribution in [0.2, 0.25) is 5.02 Å². The Morgan fingerprint density at radius 1 is 1.29 bits per heavy atom. The van der Waals surface area contributed by atoms with Crippen molar-refractivity contribution >= 4 is 11.6 Å². The molecule has 0 aliphatic rings. The highest BCUT2D eigenvalue weighted by atomic mass is 35.5. The Balaban J connectivity index is 2.65. The van der Waals surface area contributed by atoms with Gasteiger partial charge in [0, 0.05) is 30.1 Å². The zero-order chi connectivity index (χ0) is 13.1. The number of phenols is 1. The number of nitrogens with zero attached hydrogens (tertiary/aromatic N) is 1. The molecule has 0 radical (unpaired) electrons. The Labute approximate surface area is 108 Å². The van der Waals surface area contributed by atoms with Crippen molar-refractivity contribution in [3.63, 3.8) is 0 Å². The van der Waals surface area contributed by atoms with Crippen molar-refractivity contribution in [1.82, 2.24) is 4.90 Å². The average Bonchev–Trinajstić information content (AvgIpc) is 2.14. The van der Waals surface area contributed by atoms with Gasteiger partial charge in [-0.1, -0.05) is 25.4 Å². The van der Waals surface area contributed by atoms with Crippen molar-refractivity contribution in [3.05, 3.63) is 28.8 Å². The molecule has 0 amide bonds. The number of hydrogen-bond donors (Lipinski definition) is 2. The first kappa shape index (κ1) is 14.3. The maximum atomic E-state index is 9.44. The zero-order valence-corrected chi connectivity index (χ0v) is 11.3. The van der Waals surface area contributed by atoms with Gasteiger partial charge in [0.15, 0.2) is 0 Å².